The first-order valence-electron chi connectivity index (χ1n) is 9.84. The van der Waals surface area contributed by atoms with Gasteiger partial charge in [0.15, 0.2) is 4.80 Å². The second-order valence-electron chi connectivity index (χ2n) is 7.24. The molecule has 3 heterocycles. The molecule has 1 aromatic heterocycles. The Morgan fingerprint density at radius 3 is 2.29 bits per heavy atom. The van der Waals surface area contributed by atoms with Gasteiger partial charge in [-0.1, -0.05) is 77.3 Å². The van der Waals surface area contributed by atoms with Crippen LogP contribution in [-0.2, 0) is 0 Å². The molecule has 0 aliphatic carbocycles. The van der Waals surface area contributed by atoms with Crippen molar-refractivity contribution in [2.24, 2.45) is 4.99 Å². The fraction of sp³-hybridized carbons (Fsp3) is 0.167. The van der Waals surface area contributed by atoms with E-state index in [4.69, 9.17) is 9.73 Å². The molecule has 1 atom stereocenters. The Morgan fingerprint density at radius 2 is 1.65 bits per heavy atom. The fourth-order valence-corrected chi connectivity index (χ4v) is 7.31. The van der Waals surface area contributed by atoms with Crippen LogP contribution in [0, 0.1) is 0 Å². The van der Waals surface area contributed by atoms with E-state index in [0.29, 0.717) is 0 Å². The monoisotopic (exact) mass is 464 g/mol. The van der Waals surface area contributed by atoms with Crippen molar-refractivity contribution in [1.29, 1.82) is 0 Å². The van der Waals surface area contributed by atoms with Crippen LogP contribution in [0.5, 0.6) is 5.75 Å². The quantitative estimate of drug-likeness (QED) is 0.548. The van der Waals surface area contributed by atoms with Crippen molar-refractivity contribution >= 4 is 44.8 Å². The summed E-state index contributed by atoms with van der Waals surface area (Å²) < 4.78 is 8.96. The van der Waals surface area contributed by atoms with Crippen LogP contribution in [0.3, 0.4) is 0 Å². The molecule has 4 nitrogen and oxygen atoms in total. The number of ether oxygens (including phenoxy) is 1. The van der Waals surface area contributed by atoms with Crippen molar-refractivity contribution in [3.63, 3.8) is 0 Å². The van der Waals surface area contributed by atoms with Crippen LogP contribution >= 0.6 is 34.9 Å². The third kappa shape index (κ3) is 3.71. The Balaban J connectivity index is 1.73. The highest BCUT2D eigenvalue weighted by molar-refractivity contribution is 8.35. The highest BCUT2D eigenvalue weighted by Crippen LogP contribution is 2.48. The van der Waals surface area contributed by atoms with Crippen LogP contribution in [0.25, 0.3) is 9.93 Å². The van der Waals surface area contributed by atoms with Gasteiger partial charge in [-0.3, -0.25) is 9.36 Å². The van der Waals surface area contributed by atoms with Crippen molar-refractivity contribution in [3.8, 4) is 5.75 Å². The lowest BCUT2D eigenvalue weighted by Gasteiger charge is -2.20. The molecule has 0 saturated heterocycles. The molecule has 2 aliphatic rings. The molecule has 156 valence electrons. The predicted molar refractivity (Wildman–Crippen MR) is 132 cm³/mol. The van der Waals surface area contributed by atoms with Crippen molar-refractivity contribution in [2.75, 3.05) is 7.11 Å². The van der Waals surface area contributed by atoms with Gasteiger partial charge in [-0.05, 0) is 53.0 Å². The van der Waals surface area contributed by atoms with Crippen molar-refractivity contribution < 1.29 is 4.74 Å². The minimum Gasteiger partial charge on any atom is -0.497 e. The van der Waals surface area contributed by atoms with E-state index in [1.807, 2.05) is 47.0 Å². The molecule has 0 N–H and O–H groups in total. The number of methoxy groups -OCH3 is 1. The van der Waals surface area contributed by atoms with Crippen LogP contribution in [-0.4, -0.2) is 11.7 Å². The summed E-state index contributed by atoms with van der Waals surface area (Å²) in [5.74, 6) is 0.793. The van der Waals surface area contributed by atoms with Gasteiger partial charge in [-0.2, -0.15) is 0 Å². The summed E-state index contributed by atoms with van der Waals surface area (Å²) in [5.41, 5.74) is 2.97. The Bertz CT molecular complexity index is 1380. The highest BCUT2D eigenvalue weighted by atomic mass is 32.2. The maximum Gasteiger partial charge on any atom is 0.272 e. The van der Waals surface area contributed by atoms with E-state index in [1.165, 1.54) is 21.1 Å². The van der Waals surface area contributed by atoms with Gasteiger partial charge in [-0.15, -0.1) is 0 Å². The van der Waals surface area contributed by atoms with Crippen molar-refractivity contribution in [2.45, 2.75) is 19.9 Å². The minimum atomic E-state index is -0.224. The molecule has 2 aromatic carbocycles. The Kier molecular flexibility index (Phi) is 5.42. The number of benzene rings is 2. The lowest BCUT2D eigenvalue weighted by molar-refractivity contribution is 0.414. The SMILES string of the molecule is COc1ccc(C2C=C(c3ccccc3)N=c3sc(=C4SC(C)=C(C)S4)c(=O)n32)cc1. The molecule has 0 amide bonds. The van der Waals surface area contributed by atoms with E-state index in [1.54, 1.807) is 30.6 Å². The standard InChI is InChI=1S/C24H20N2O2S3/c1-14-15(2)30-23(29-14)21-22(27)26-20(17-9-11-18(28-3)12-10-17)13-19(25-24(26)31-21)16-7-5-4-6-8-16/h4-13,20H,1-3H3. The molecule has 2 aliphatic heterocycles. The van der Waals surface area contributed by atoms with Crippen LogP contribution in [0.4, 0.5) is 0 Å². The second kappa shape index (κ2) is 8.22. The number of allylic oxidation sites excluding steroid dienone is 3. The Labute approximate surface area is 192 Å². The number of hydrogen-bond donors (Lipinski definition) is 0. The Morgan fingerprint density at radius 1 is 0.968 bits per heavy atom. The van der Waals surface area contributed by atoms with Crippen molar-refractivity contribution in [3.05, 3.63) is 101 Å². The van der Waals surface area contributed by atoms with Crippen LogP contribution in [0.15, 0.2) is 80.3 Å². The first-order chi connectivity index (χ1) is 15.0. The summed E-state index contributed by atoms with van der Waals surface area (Å²) >= 11 is 4.85. The van der Waals surface area contributed by atoms with Gasteiger partial charge in [0.2, 0.25) is 0 Å². The smallest absolute Gasteiger partial charge is 0.272 e. The van der Waals surface area contributed by atoms with Gasteiger partial charge in [0, 0.05) is 0 Å². The third-order valence-electron chi connectivity index (χ3n) is 5.32. The van der Waals surface area contributed by atoms with Gasteiger partial charge in [0.1, 0.15) is 10.3 Å². The summed E-state index contributed by atoms with van der Waals surface area (Å²) in [6.07, 6.45) is 2.08. The molecular weight excluding hydrogens is 444 g/mol. The number of hydrogen-bond acceptors (Lipinski definition) is 6. The highest BCUT2D eigenvalue weighted by Gasteiger charge is 2.25. The summed E-state index contributed by atoms with van der Waals surface area (Å²) in [5, 5.41) is 0. The minimum absolute atomic E-state index is 0.0189. The Hall–Kier alpha value is -2.48. The zero-order valence-corrected chi connectivity index (χ0v) is 19.7. The number of thiazole rings is 1. The summed E-state index contributed by atoms with van der Waals surface area (Å²) in [6, 6.07) is 17.8. The van der Waals surface area contributed by atoms with Gasteiger partial charge in [-0.25, -0.2) is 4.99 Å². The zero-order chi connectivity index (χ0) is 21.5. The topological polar surface area (TPSA) is 43.6 Å². The zero-order valence-electron chi connectivity index (χ0n) is 17.3. The molecule has 0 radical (unpaired) electrons. The molecule has 0 bridgehead atoms. The summed E-state index contributed by atoms with van der Waals surface area (Å²) in [7, 11) is 1.65. The van der Waals surface area contributed by atoms with Gasteiger partial charge >= 0.3 is 0 Å². The van der Waals surface area contributed by atoms with E-state index in [2.05, 4.69) is 32.1 Å². The van der Waals surface area contributed by atoms with Gasteiger partial charge in [0.25, 0.3) is 5.56 Å². The molecule has 1 unspecified atom stereocenters. The molecule has 7 heteroatoms. The molecule has 3 aromatic rings. The molecule has 0 spiro atoms. The number of thioether (sulfide) groups is 2. The molecule has 0 fully saturated rings. The maximum absolute atomic E-state index is 13.6. The van der Waals surface area contributed by atoms with E-state index >= 15 is 0 Å². The summed E-state index contributed by atoms with van der Waals surface area (Å²) in [6.45, 7) is 4.20. The number of nitrogens with zero attached hydrogens (tertiary/aromatic N) is 2. The van der Waals surface area contributed by atoms with E-state index < -0.39 is 0 Å². The molecule has 5 rings (SSSR count). The van der Waals surface area contributed by atoms with Crippen molar-refractivity contribution in [1.82, 2.24) is 4.57 Å². The van der Waals surface area contributed by atoms with Crippen LogP contribution in [0.2, 0.25) is 0 Å². The fourth-order valence-electron chi connectivity index (χ4n) is 3.55. The molecular formula is C24H20N2O2S3. The third-order valence-corrected chi connectivity index (χ3v) is 9.27. The van der Waals surface area contributed by atoms with E-state index in [9.17, 15) is 4.79 Å². The number of aromatic nitrogens is 1. The van der Waals surface area contributed by atoms with Crippen LogP contribution < -0.4 is 19.6 Å². The average molecular weight is 465 g/mol. The van der Waals surface area contributed by atoms with E-state index in [-0.39, 0.29) is 11.6 Å². The molecule has 31 heavy (non-hydrogen) atoms. The lowest BCUT2D eigenvalue weighted by Crippen LogP contribution is -2.36. The summed E-state index contributed by atoms with van der Waals surface area (Å²) in [4.78, 5) is 21.7. The predicted octanol–water partition coefficient (Wildman–Crippen LogP) is 4.98. The largest absolute Gasteiger partial charge is 0.497 e. The first kappa shape index (κ1) is 20.4. The van der Waals surface area contributed by atoms with E-state index in [0.717, 1.165) is 36.1 Å². The second-order valence-corrected chi connectivity index (χ2v) is 10.9. The van der Waals surface area contributed by atoms with Gasteiger partial charge in [0.05, 0.1) is 23.1 Å². The van der Waals surface area contributed by atoms with Crippen LogP contribution in [0.1, 0.15) is 31.0 Å². The average Bonchev–Trinajstić information content (AvgIpc) is 3.32. The molecule has 0 saturated carbocycles. The maximum atomic E-state index is 13.6. The number of rotatable bonds is 3. The number of fused-ring (bicyclic) bond motifs is 1. The lowest BCUT2D eigenvalue weighted by atomic mass is 10.0. The normalized spacial score (nSPS) is 18.0. The first-order valence-corrected chi connectivity index (χ1v) is 12.3. The van der Waals surface area contributed by atoms with Gasteiger partial charge < -0.3 is 4.74 Å².